The van der Waals surface area contributed by atoms with E-state index in [-0.39, 0.29) is 17.3 Å². The van der Waals surface area contributed by atoms with Crippen LogP contribution in [0.2, 0.25) is 0 Å². The molecule has 0 N–H and O–H groups in total. The smallest absolute Gasteiger partial charge is 0.275 e. The highest BCUT2D eigenvalue weighted by Gasteiger charge is 2.25. The molecule has 0 atom stereocenters. The van der Waals surface area contributed by atoms with Crippen molar-refractivity contribution in [3.63, 3.8) is 0 Å². The second-order valence-corrected chi connectivity index (χ2v) is 7.26. The molecule has 1 aromatic heterocycles. The topological polar surface area (TPSA) is 92.5 Å². The Balaban J connectivity index is 1.77. The lowest BCUT2D eigenvalue weighted by atomic mass is 10.0. The second kappa shape index (κ2) is 8.38. The third kappa shape index (κ3) is 4.04. The van der Waals surface area contributed by atoms with E-state index in [2.05, 4.69) is 15.1 Å². The van der Waals surface area contributed by atoms with Crippen LogP contribution < -0.4 is 0 Å². The molecule has 0 aliphatic carbocycles. The fourth-order valence-electron chi connectivity index (χ4n) is 3.44. The first-order chi connectivity index (χ1) is 14.5. The lowest BCUT2D eigenvalue weighted by molar-refractivity contribution is -0.384. The van der Waals surface area contributed by atoms with Gasteiger partial charge in [0.15, 0.2) is 5.69 Å². The van der Waals surface area contributed by atoms with E-state index in [4.69, 9.17) is 0 Å². The van der Waals surface area contributed by atoms with Crippen molar-refractivity contribution in [3.05, 3.63) is 76.5 Å². The summed E-state index contributed by atoms with van der Waals surface area (Å²) >= 11 is 0. The number of benzene rings is 2. The summed E-state index contributed by atoms with van der Waals surface area (Å²) in [7, 11) is 2.03. The highest BCUT2D eigenvalue weighted by atomic mass is 16.6. The molecule has 1 amide bonds. The number of hydrogen-bond donors (Lipinski definition) is 0. The molecule has 8 heteroatoms. The van der Waals surface area contributed by atoms with Gasteiger partial charge in [0.2, 0.25) is 0 Å². The van der Waals surface area contributed by atoms with Crippen LogP contribution in [0.4, 0.5) is 5.69 Å². The quantitative estimate of drug-likeness (QED) is 0.491. The third-order valence-electron chi connectivity index (χ3n) is 5.25. The summed E-state index contributed by atoms with van der Waals surface area (Å²) in [5, 5.41) is 19.6. The summed E-state index contributed by atoms with van der Waals surface area (Å²) in [6, 6.07) is 17.6. The van der Waals surface area contributed by atoms with Crippen molar-refractivity contribution in [1.29, 1.82) is 0 Å². The molecule has 0 bridgehead atoms. The Hall–Kier alpha value is -3.65. The van der Waals surface area contributed by atoms with E-state index in [1.165, 1.54) is 12.1 Å². The van der Waals surface area contributed by atoms with Crippen LogP contribution in [0.15, 0.2) is 60.7 Å². The first kappa shape index (κ1) is 19.7. The minimum absolute atomic E-state index is 0.00371. The van der Waals surface area contributed by atoms with Crippen LogP contribution in [0.1, 0.15) is 10.5 Å². The van der Waals surface area contributed by atoms with E-state index < -0.39 is 4.92 Å². The number of piperazine rings is 1. The molecule has 3 aromatic rings. The van der Waals surface area contributed by atoms with Crippen molar-refractivity contribution < 1.29 is 9.72 Å². The maximum Gasteiger partial charge on any atom is 0.275 e. The predicted octanol–water partition coefficient (Wildman–Crippen LogP) is 3.11. The monoisotopic (exact) mass is 403 g/mol. The van der Waals surface area contributed by atoms with Gasteiger partial charge in [-0.1, -0.05) is 30.3 Å². The van der Waals surface area contributed by atoms with Gasteiger partial charge in [-0.2, -0.15) is 0 Å². The Bertz CT molecular complexity index is 1060. The molecule has 1 saturated heterocycles. The van der Waals surface area contributed by atoms with E-state index in [0.717, 1.165) is 18.7 Å². The van der Waals surface area contributed by atoms with E-state index in [1.54, 1.807) is 17.0 Å². The molecule has 0 saturated carbocycles. The highest BCUT2D eigenvalue weighted by molar-refractivity contribution is 5.99. The molecule has 0 radical (unpaired) electrons. The number of amides is 1. The summed E-state index contributed by atoms with van der Waals surface area (Å²) in [4.78, 5) is 27.7. The van der Waals surface area contributed by atoms with E-state index in [0.29, 0.717) is 29.9 Å². The number of rotatable bonds is 4. The number of aromatic nitrogens is 2. The zero-order chi connectivity index (χ0) is 21.1. The summed E-state index contributed by atoms with van der Waals surface area (Å²) in [5.41, 5.74) is 3.07. The van der Waals surface area contributed by atoms with Crippen molar-refractivity contribution >= 4 is 11.6 Å². The van der Waals surface area contributed by atoms with Gasteiger partial charge in [-0.05, 0) is 30.8 Å². The number of nitrogens with zero attached hydrogens (tertiary/aromatic N) is 5. The molecular formula is C22H21N5O3. The van der Waals surface area contributed by atoms with Crippen molar-refractivity contribution in [2.24, 2.45) is 0 Å². The maximum atomic E-state index is 13.2. The zero-order valence-electron chi connectivity index (χ0n) is 16.6. The van der Waals surface area contributed by atoms with Crippen molar-refractivity contribution in [3.8, 4) is 22.4 Å². The van der Waals surface area contributed by atoms with Crippen LogP contribution in [0.5, 0.6) is 0 Å². The molecular weight excluding hydrogens is 382 g/mol. The molecule has 2 aromatic carbocycles. The van der Waals surface area contributed by atoms with E-state index in [9.17, 15) is 14.9 Å². The second-order valence-electron chi connectivity index (χ2n) is 7.26. The van der Waals surface area contributed by atoms with Crippen LogP contribution in [0, 0.1) is 10.1 Å². The first-order valence-corrected chi connectivity index (χ1v) is 9.69. The molecule has 4 rings (SSSR count). The number of nitro groups is 1. The van der Waals surface area contributed by atoms with Gasteiger partial charge < -0.3 is 9.80 Å². The summed E-state index contributed by atoms with van der Waals surface area (Å²) in [6.07, 6.45) is 0. The summed E-state index contributed by atoms with van der Waals surface area (Å²) in [5.74, 6) is -0.177. The molecule has 1 aliphatic rings. The number of nitro benzene ring substituents is 1. The predicted molar refractivity (Wildman–Crippen MR) is 113 cm³/mol. The first-order valence-electron chi connectivity index (χ1n) is 9.69. The fourth-order valence-corrected chi connectivity index (χ4v) is 3.44. The Labute approximate surface area is 173 Å². The van der Waals surface area contributed by atoms with Crippen LogP contribution in [-0.2, 0) is 0 Å². The van der Waals surface area contributed by atoms with Crippen LogP contribution in [0.25, 0.3) is 22.4 Å². The van der Waals surface area contributed by atoms with Crippen LogP contribution >= 0.6 is 0 Å². The standard InChI is InChI=1S/C22H21N5O3/c1-25-11-13-26(14-12-25)22(28)21-19(16-7-9-18(10-8-16)27(29)30)15-20(23-24-21)17-5-3-2-4-6-17/h2-10,15H,11-14H2,1H3. The molecule has 0 spiro atoms. The van der Waals surface area contributed by atoms with Gasteiger partial charge in [0.1, 0.15) is 0 Å². The van der Waals surface area contributed by atoms with Crippen LogP contribution in [-0.4, -0.2) is 64.1 Å². The van der Waals surface area contributed by atoms with Gasteiger partial charge in [-0.15, -0.1) is 10.2 Å². The normalized spacial score (nSPS) is 14.5. The minimum atomic E-state index is -0.444. The van der Waals surface area contributed by atoms with E-state index in [1.807, 2.05) is 43.4 Å². The molecule has 1 fully saturated rings. The molecule has 8 nitrogen and oxygen atoms in total. The average Bonchev–Trinajstić information content (AvgIpc) is 2.79. The summed E-state index contributed by atoms with van der Waals surface area (Å²) in [6.45, 7) is 2.84. The molecule has 0 unspecified atom stereocenters. The lowest BCUT2D eigenvalue weighted by Gasteiger charge is -2.32. The molecule has 152 valence electrons. The van der Waals surface area contributed by atoms with Crippen molar-refractivity contribution in [2.75, 3.05) is 33.2 Å². The lowest BCUT2D eigenvalue weighted by Crippen LogP contribution is -2.47. The molecule has 2 heterocycles. The van der Waals surface area contributed by atoms with Gasteiger partial charge in [-0.25, -0.2) is 0 Å². The third-order valence-corrected chi connectivity index (χ3v) is 5.25. The van der Waals surface area contributed by atoms with Gasteiger partial charge in [0.25, 0.3) is 11.6 Å². The fraction of sp³-hybridized carbons (Fsp3) is 0.227. The Morgan fingerprint density at radius 1 is 0.933 bits per heavy atom. The van der Waals surface area contributed by atoms with Gasteiger partial charge in [0, 0.05) is 49.4 Å². The number of non-ortho nitro benzene ring substituents is 1. The minimum Gasteiger partial charge on any atom is -0.335 e. The number of hydrogen-bond acceptors (Lipinski definition) is 6. The van der Waals surface area contributed by atoms with Crippen molar-refractivity contribution in [2.45, 2.75) is 0 Å². The van der Waals surface area contributed by atoms with Gasteiger partial charge >= 0.3 is 0 Å². The van der Waals surface area contributed by atoms with Gasteiger partial charge in [0.05, 0.1) is 10.6 Å². The Kier molecular flexibility index (Phi) is 5.49. The number of carbonyl (C=O) groups excluding carboxylic acids is 1. The number of carbonyl (C=O) groups is 1. The maximum absolute atomic E-state index is 13.2. The van der Waals surface area contributed by atoms with E-state index >= 15 is 0 Å². The Morgan fingerprint density at radius 2 is 1.60 bits per heavy atom. The SMILES string of the molecule is CN1CCN(C(=O)c2nnc(-c3ccccc3)cc2-c2ccc([N+](=O)[O-])cc2)CC1. The van der Waals surface area contributed by atoms with Crippen LogP contribution in [0.3, 0.4) is 0 Å². The zero-order valence-corrected chi connectivity index (χ0v) is 16.6. The molecule has 1 aliphatic heterocycles. The number of likely N-dealkylation sites (N-methyl/N-ethyl adjacent to an activating group) is 1. The highest BCUT2D eigenvalue weighted by Crippen LogP contribution is 2.29. The largest absolute Gasteiger partial charge is 0.335 e. The van der Waals surface area contributed by atoms with Crippen molar-refractivity contribution in [1.82, 2.24) is 20.0 Å². The summed E-state index contributed by atoms with van der Waals surface area (Å²) < 4.78 is 0. The molecule has 30 heavy (non-hydrogen) atoms. The van der Waals surface area contributed by atoms with Gasteiger partial charge in [-0.3, -0.25) is 14.9 Å². The average molecular weight is 403 g/mol. The Morgan fingerprint density at radius 3 is 2.23 bits per heavy atom.